The van der Waals surface area contributed by atoms with E-state index in [0.29, 0.717) is 13.1 Å². The van der Waals surface area contributed by atoms with Gasteiger partial charge in [-0.25, -0.2) is 0 Å². The van der Waals surface area contributed by atoms with E-state index in [2.05, 4.69) is 5.32 Å². The molecule has 2 rings (SSSR count). The number of nitrogens with two attached hydrogens (primary N) is 1. The Kier molecular flexibility index (Phi) is 1.59. The Morgan fingerprint density at radius 1 is 1.50 bits per heavy atom. The Bertz CT molecular complexity index is 333. The molecule has 3 nitrogen and oxygen atoms in total. The predicted molar refractivity (Wildman–Crippen MR) is 45.5 cm³/mol. The lowest BCUT2D eigenvalue weighted by atomic mass is 10.1. The number of amides is 1. The first kappa shape index (κ1) is 7.31. The van der Waals surface area contributed by atoms with Gasteiger partial charge in [-0.2, -0.15) is 0 Å². The standard InChI is InChI=1S/C9H10N2O/c10-4-6-1-2-7-5-11-9(12)8(7)3-6/h1-3H,4-5,10H2,(H,11,12). The minimum Gasteiger partial charge on any atom is -0.348 e. The van der Waals surface area contributed by atoms with E-state index in [1.165, 1.54) is 0 Å². The molecule has 0 bridgehead atoms. The summed E-state index contributed by atoms with van der Waals surface area (Å²) in [6.45, 7) is 1.14. The number of nitrogens with one attached hydrogen (secondary N) is 1. The van der Waals surface area contributed by atoms with Gasteiger partial charge in [-0.3, -0.25) is 4.79 Å². The second-order valence-electron chi connectivity index (χ2n) is 2.88. The molecular weight excluding hydrogens is 152 g/mol. The van der Waals surface area contributed by atoms with Gasteiger partial charge in [0.2, 0.25) is 0 Å². The molecule has 12 heavy (non-hydrogen) atoms. The van der Waals surface area contributed by atoms with Crippen molar-refractivity contribution in [1.82, 2.24) is 5.32 Å². The Labute approximate surface area is 70.6 Å². The topological polar surface area (TPSA) is 55.1 Å². The van der Waals surface area contributed by atoms with Gasteiger partial charge in [0.25, 0.3) is 5.91 Å². The third-order valence-electron chi connectivity index (χ3n) is 2.09. The maximum atomic E-state index is 11.2. The first-order chi connectivity index (χ1) is 5.81. The summed E-state index contributed by atoms with van der Waals surface area (Å²) in [5, 5.41) is 2.76. The van der Waals surface area contributed by atoms with Crippen LogP contribution in [0.15, 0.2) is 18.2 Å². The summed E-state index contributed by atoms with van der Waals surface area (Å²) in [7, 11) is 0. The molecule has 0 saturated heterocycles. The maximum Gasteiger partial charge on any atom is 0.251 e. The number of carbonyl (C=O) groups is 1. The largest absolute Gasteiger partial charge is 0.348 e. The third-order valence-corrected chi connectivity index (χ3v) is 2.09. The van der Waals surface area contributed by atoms with Crippen LogP contribution in [0.3, 0.4) is 0 Å². The van der Waals surface area contributed by atoms with Crippen molar-refractivity contribution in [2.24, 2.45) is 5.73 Å². The summed E-state index contributed by atoms with van der Waals surface area (Å²) in [6.07, 6.45) is 0. The zero-order chi connectivity index (χ0) is 8.55. The van der Waals surface area contributed by atoms with E-state index in [9.17, 15) is 4.79 Å². The molecule has 0 aliphatic carbocycles. The summed E-state index contributed by atoms with van der Waals surface area (Å²) >= 11 is 0. The minimum absolute atomic E-state index is 0.0142. The Hall–Kier alpha value is -1.35. The van der Waals surface area contributed by atoms with E-state index in [1.54, 1.807) is 0 Å². The average Bonchev–Trinajstić information content (AvgIpc) is 2.47. The summed E-state index contributed by atoms with van der Waals surface area (Å²) in [5.74, 6) is 0.0142. The van der Waals surface area contributed by atoms with Crippen molar-refractivity contribution in [2.75, 3.05) is 0 Å². The molecule has 0 fully saturated rings. The van der Waals surface area contributed by atoms with Gasteiger partial charge < -0.3 is 11.1 Å². The fourth-order valence-electron chi connectivity index (χ4n) is 1.39. The highest BCUT2D eigenvalue weighted by Crippen LogP contribution is 2.16. The third kappa shape index (κ3) is 0.987. The molecule has 1 amide bonds. The van der Waals surface area contributed by atoms with E-state index in [1.807, 2.05) is 18.2 Å². The molecule has 0 radical (unpaired) electrons. The molecule has 62 valence electrons. The molecule has 1 heterocycles. The molecule has 1 aliphatic heterocycles. The van der Waals surface area contributed by atoms with Crippen LogP contribution in [0.1, 0.15) is 21.5 Å². The van der Waals surface area contributed by atoms with E-state index >= 15 is 0 Å². The molecule has 3 heteroatoms. The zero-order valence-corrected chi connectivity index (χ0v) is 6.63. The van der Waals surface area contributed by atoms with Crippen molar-refractivity contribution in [3.05, 3.63) is 34.9 Å². The highest BCUT2D eigenvalue weighted by molar-refractivity contribution is 5.98. The molecule has 3 N–H and O–H groups in total. The van der Waals surface area contributed by atoms with Gasteiger partial charge in [0.1, 0.15) is 0 Å². The van der Waals surface area contributed by atoms with Crippen molar-refractivity contribution in [1.29, 1.82) is 0 Å². The normalized spacial score (nSPS) is 14.2. The van der Waals surface area contributed by atoms with Crippen LogP contribution in [-0.4, -0.2) is 5.91 Å². The molecule has 1 aromatic rings. The number of fused-ring (bicyclic) bond motifs is 1. The SMILES string of the molecule is NCc1ccc2c(c1)C(=O)NC2. The van der Waals surface area contributed by atoms with Crippen LogP contribution in [0, 0.1) is 0 Å². The lowest BCUT2D eigenvalue weighted by Crippen LogP contribution is -2.12. The summed E-state index contributed by atoms with van der Waals surface area (Å²) in [5.41, 5.74) is 8.31. The van der Waals surface area contributed by atoms with Crippen molar-refractivity contribution in [2.45, 2.75) is 13.1 Å². The zero-order valence-electron chi connectivity index (χ0n) is 6.63. The average molecular weight is 162 g/mol. The van der Waals surface area contributed by atoms with E-state index in [4.69, 9.17) is 5.73 Å². The van der Waals surface area contributed by atoms with Crippen molar-refractivity contribution < 1.29 is 4.79 Å². The fourth-order valence-corrected chi connectivity index (χ4v) is 1.39. The van der Waals surface area contributed by atoms with Gasteiger partial charge in [0.15, 0.2) is 0 Å². The number of hydrogen-bond donors (Lipinski definition) is 2. The van der Waals surface area contributed by atoms with Crippen LogP contribution in [0.5, 0.6) is 0 Å². The first-order valence-electron chi connectivity index (χ1n) is 3.91. The summed E-state index contributed by atoms with van der Waals surface area (Å²) < 4.78 is 0. The Morgan fingerprint density at radius 3 is 3.08 bits per heavy atom. The quantitative estimate of drug-likeness (QED) is 0.627. The Balaban J connectivity index is 2.50. The van der Waals surface area contributed by atoms with Gasteiger partial charge in [-0.15, -0.1) is 0 Å². The van der Waals surface area contributed by atoms with E-state index < -0.39 is 0 Å². The molecule has 1 aliphatic rings. The van der Waals surface area contributed by atoms with Crippen LogP contribution in [0.2, 0.25) is 0 Å². The highest BCUT2D eigenvalue weighted by atomic mass is 16.1. The van der Waals surface area contributed by atoms with Crippen molar-refractivity contribution in [3.63, 3.8) is 0 Å². The lowest BCUT2D eigenvalue weighted by Gasteiger charge is -1.98. The van der Waals surface area contributed by atoms with Crippen LogP contribution >= 0.6 is 0 Å². The van der Waals surface area contributed by atoms with Crippen LogP contribution in [-0.2, 0) is 13.1 Å². The molecule has 0 aromatic heterocycles. The number of benzene rings is 1. The van der Waals surface area contributed by atoms with Crippen LogP contribution < -0.4 is 11.1 Å². The number of carbonyl (C=O) groups excluding carboxylic acids is 1. The van der Waals surface area contributed by atoms with Crippen LogP contribution in [0.25, 0.3) is 0 Å². The lowest BCUT2D eigenvalue weighted by molar-refractivity contribution is 0.0965. The van der Waals surface area contributed by atoms with Gasteiger partial charge in [-0.05, 0) is 17.2 Å². The van der Waals surface area contributed by atoms with Gasteiger partial charge >= 0.3 is 0 Å². The maximum absolute atomic E-state index is 11.2. The molecular formula is C9H10N2O. The smallest absolute Gasteiger partial charge is 0.251 e. The second-order valence-corrected chi connectivity index (χ2v) is 2.88. The van der Waals surface area contributed by atoms with Crippen molar-refractivity contribution >= 4 is 5.91 Å². The molecule has 1 aromatic carbocycles. The monoisotopic (exact) mass is 162 g/mol. The van der Waals surface area contributed by atoms with Gasteiger partial charge in [0.05, 0.1) is 0 Å². The molecule has 0 spiro atoms. The van der Waals surface area contributed by atoms with Gasteiger partial charge in [-0.1, -0.05) is 12.1 Å². The second kappa shape index (κ2) is 2.60. The van der Waals surface area contributed by atoms with E-state index in [0.717, 1.165) is 16.7 Å². The fraction of sp³-hybridized carbons (Fsp3) is 0.222. The van der Waals surface area contributed by atoms with E-state index in [-0.39, 0.29) is 5.91 Å². The summed E-state index contributed by atoms with van der Waals surface area (Å²) in [6, 6.07) is 5.77. The number of rotatable bonds is 1. The highest BCUT2D eigenvalue weighted by Gasteiger charge is 2.17. The van der Waals surface area contributed by atoms with Crippen LogP contribution in [0.4, 0.5) is 0 Å². The molecule has 0 atom stereocenters. The first-order valence-corrected chi connectivity index (χ1v) is 3.91. The molecule has 0 saturated carbocycles. The number of hydrogen-bond acceptors (Lipinski definition) is 2. The van der Waals surface area contributed by atoms with Crippen molar-refractivity contribution in [3.8, 4) is 0 Å². The minimum atomic E-state index is 0.0142. The predicted octanol–water partition coefficient (Wildman–Crippen LogP) is 0.389. The summed E-state index contributed by atoms with van der Waals surface area (Å²) in [4.78, 5) is 11.2. The molecule has 0 unspecified atom stereocenters. The Morgan fingerprint density at radius 2 is 2.33 bits per heavy atom. The van der Waals surface area contributed by atoms with Gasteiger partial charge in [0, 0.05) is 18.7 Å².